The van der Waals surface area contributed by atoms with E-state index in [1.807, 2.05) is 48.5 Å². The molecule has 34 heavy (non-hydrogen) atoms. The van der Waals surface area contributed by atoms with Crippen LogP contribution >= 0.6 is 0 Å². The van der Waals surface area contributed by atoms with Crippen LogP contribution in [0.1, 0.15) is 107 Å². The summed E-state index contributed by atoms with van der Waals surface area (Å²) in [5.74, 6) is -3.02. The van der Waals surface area contributed by atoms with Crippen LogP contribution in [0.4, 0.5) is 0 Å². The molecule has 0 aliphatic rings. The van der Waals surface area contributed by atoms with Gasteiger partial charge in [-0.15, -0.1) is 0 Å². The Hall–Kier alpha value is -2.12. The molecule has 8 nitrogen and oxygen atoms in total. The predicted molar refractivity (Wildman–Crippen MR) is 134 cm³/mol. The summed E-state index contributed by atoms with van der Waals surface area (Å²) in [4.78, 5) is 42.2. The Morgan fingerprint density at radius 2 is 1.26 bits per heavy atom. The van der Waals surface area contributed by atoms with E-state index in [1.54, 1.807) is 0 Å². The van der Waals surface area contributed by atoms with Gasteiger partial charge in [0.05, 0.1) is 30.8 Å². The van der Waals surface area contributed by atoms with E-state index in [4.69, 9.17) is 20.1 Å². The van der Waals surface area contributed by atoms with Crippen LogP contribution in [0.25, 0.3) is 0 Å². The van der Waals surface area contributed by atoms with Crippen LogP contribution in [0, 0.1) is 29.6 Å². The van der Waals surface area contributed by atoms with Gasteiger partial charge in [-0.25, -0.2) is 0 Å². The monoisotopic (exact) mass is 490 g/mol. The molecule has 0 radical (unpaired) electrons. The summed E-state index contributed by atoms with van der Waals surface area (Å²) in [5, 5.41) is 25.7. The Labute approximate surface area is 206 Å². The summed E-state index contributed by atoms with van der Waals surface area (Å²) < 4.78 is 4.93. The van der Waals surface area contributed by atoms with E-state index in [-0.39, 0.29) is 30.1 Å². The molecule has 0 aromatic heterocycles. The van der Waals surface area contributed by atoms with Crippen molar-refractivity contribution in [2.45, 2.75) is 107 Å². The van der Waals surface area contributed by atoms with Crippen molar-refractivity contribution in [1.29, 1.82) is 0 Å². The van der Waals surface area contributed by atoms with E-state index in [9.17, 15) is 19.2 Å². The molecule has 0 saturated heterocycles. The number of carbonyl (C=O) groups excluding carboxylic acids is 1. The van der Waals surface area contributed by atoms with E-state index in [2.05, 4.69) is 6.92 Å². The molecule has 0 aliphatic carbocycles. The molecule has 0 amide bonds. The molecule has 0 aromatic carbocycles. The van der Waals surface area contributed by atoms with Crippen molar-refractivity contribution >= 4 is 23.9 Å². The standard InChI is InChI=1S/C10H20O2.C8H14O4.C8H16O2/c1-3-5-6-7-8-9(4-2)10(11)12;1-5(2)3-6(8(11)12)4-7(9)10;1-6(2)5-10-8(9)7(3)4/h9H,3-8H2,1-2H3,(H,11,12);5-6H,3-4H2,1-2H3,(H,9,10)(H,11,12);6-7H,5H2,1-4H3. The second-order valence-electron chi connectivity index (χ2n) is 9.73. The Balaban J connectivity index is -0.000000426. The van der Waals surface area contributed by atoms with Crippen LogP contribution in [-0.4, -0.2) is 45.8 Å². The lowest BCUT2D eigenvalue weighted by Gasteiger charge is -2.11. The van der Waals surface area contributed by atoms with E-state index < -0.39 is 23.8 Å². The van der Waals surface area contributed by atoms with Crippen LogP contribution in [0.5, 0.6) is 0 Å². The van der Waals surface area contributed by atoms with Gasteiger partial charge >= 0.3 is 23.9 Å². The lowest BCUT2D eigenvalue weighted by molar-refractivity contribution is -0.148. The Bertz CT molecular complexity index is 555. The van der Waals surface area contributed by atoms with Crippen molar-refractivity contribution in [2.75, 3.05) is 6.61 Å². The number of esters is 1. The first-order valence-electron chi connectivity index (χ1n) is 12.5. The van der Waals surface area contributed by atoms with E-state index in [1.165, 1.54) is 19.3 Å². The maximum Gasteiger partial charge on any atom is 0.308 e. The van der Waals surface area contributed by atoms with Gasteiger partial charge in [-0.05, 0) is 31.1 Å². The zero-order valence-corrected chi connectivity index (χ0v) is 22.6. The third-order valence-corrected chi connectivity index (χ3v) is 4.80. The lowest BCUT2D eigenvalue weighted by Crippen LogP contribution is -2.19. The number of aliphatic carboxylic acids is 3. The molecule has 0 saturated carbocycles. The zero-order chi connectivity index (χ0) is 27.3. The van der Waals surface area contributed by atoms with Crippen LogP contribution in [0.2, 0.25) is 0 Å². The van der Waals surface area contributed by atoms with Crippen molar-refractivity contribution in [2.24, 2.45) is 29.6 Å². The maximum absolute atomic E-state index is 10.8. The quantitative estimate of drug-likeness (QED) is 0.184. The van der Waals surface area contributed by atoms with Gasteiger partial charge in [-0.1, -0.05) is 81.1 Å². The summed E-state index contributed by atoms with van der Waals surface area (Å²) in [6.07, 6.45) is 6.45. The zero-order valence-electron chi connectivity index (χ0n) is 22.6. The first-order chi connectivity index (χ1) is 15.7. The van der Waals surface area contributed by atoms with Crippen molar-refractivity contribution in [3.63, 3.8) is 0 Å². The normalized spacial score (nSPS) is 12.2. The SMILES string of the molecule is CC(C)CC(CC(=O)O)C(=O)O.CC(C)COC(=O)C(C)C.CCCCCCC(CC)C(=O)O. The molecule has 202 valence electrons. The van der Waals surface area contributed by atoms with E-state index in [0.717, 1.165) is 19.3 Å². The third kappa shape index (κ3) is 26.1. The number of carbonyl (C=O) groups is 4. The molecule has 0 bridgehead atoms. The van der Waals surface area contributed by atoms with Crippen LogP contribution in [-0.2, 0) is 23.9 Å². The number of carboxylic acid groups (broad SMARTS) is 3. The fraction of sp³-hybridized carbons (Fsp3) is 0.846. The minimum absolute atomic E-state index is 0.00116. The van der Waals surface area contributed by atoms with Crippen molar-refractivity contribution in [1.82, 2.24) is 0 Å². The molecular weight excluding hydrogens is 440 g/mol. The van der Waals surface area contributed by atoms with Crippen molar-refractivity contribution < 1.29 is 39.2 Å². The fourth-order valence-electron chi connectivity index (χ4n) is 2.79. The van der Waals surface area contributed by atoms with Crippen LogP contribution in [0.15, 0.2) is 0 Å². The first kappa shape index (κ1) is 36.4. The van der Waals surface area contributed by atoms with Gasteiger partial charge in [0, 0.05) is 0 Å². The van der Waals surface area contributed by atoms with Gasteiger partial charge in [0.1, 0.15) is 0 Å². The van der Waals surface area contributed by atoms with Gasteiger partial charge in [-0.3, -0.25) is 19.2 Å². The first-order valence-corrected chi connectivity index (χ1v) is 12.5. The van der Waals surface area contributed by atoms with Crippen molar-refractivity contribution in [3.05, 3.63) is 0 Å². The van der Waals surface area contributed by atoms with Crippen LogP contribution in [0.3, 0.4) is 0 Å². The average Bonchev–Trinajstić information content (AvgIpc) is 2.71. The van der Waals surface area contributed by atoms with Crippen molar-refractivity contribution in [3.8, 4) is 0 Å². The molecule has 0 aromatic rings. The Morgan fingerprint density at radius 1 is 0.735 bits per heavy atom. The highest BCUT2D eigenvalue weighted by atomic mass is 16.5. The minimum Gasteiger partial charge on any atom is -0.481 e. The maximum atomic E-state index is 10.8. The highest BCUT2D eigenvalue weighted by molar-refractivity contribution is 5.77. The summed E-state index contributed by atoms with van der Waals surface area (Å²) >= 11 is 0. The number of unbranched alkanes of at least 4 members (excludes halogenated alkanes) is 3. The lowest BCUT2D eigenvalue weighted by atomic mass is 9.94. The summed E-state index contributed by atoms with van der Waals surface area (Å²) in [6, 6.07) is 0. The topological polar surface area (TPSA) is 138 Å². The van der Waals surface area contributed by atoms with Crippen LogP contribution < -0.4 is 0 Å². The van der Waals surface area contributed by atoms with E-state index >= 15 is 0 Å². The average molecular weight is 491 g/mol. The molecular formula is C26H50O8. The molecule has 8 heteroatoms. The Morgan fingerprint density at radius 3 is 1.59 bits per heavy atom. The molecule has 2 unspecified atom stereocenters. The third-order valence-electron chi connectivity index (χ3n) is 4.80. The summed E-state index contributed by atoms with van der Waals surface area (Å²) in [7, 11) is 0. The second-order valence-corrected chi connectivity index (χ2v) is 9.73. The van der Waals surface area contributed by atoms with Gasteiger partial charge in [-0.2, -0.15) is 0 Å². The molecule has 3 N–H and O–H groups in total. The highest BCUT2D eigenvalue weighted by Crippen LogP contribution is 2.15. The minimum atomic E-state index is -1.05. The number of ether oxygens (including phenoxy) is 1. The molecule has 0 fully saturated rings. The Kier molecular flexibility index (Phi) is 24.3. The summed E-state index contributed by atoms with van der Waals surface area (Å²) in [5.41, 5.74) is 0. The number of rotatable bonds is 15. The molecule has 0 heterocycles. The smallest absolute Gasteiger partial charge is 0.308 e. The predicted octanol–water partition coefficient (Wildman–Crippen LogP) is 6.12. The highest BCUT2D eigenvalue weighted by Gasteiger charge is 2.21. The second kappa shape index (κ2) is 22.7. The number of hydrogen-bond donors (Lipinski definition) is 3. The molecule has 0 spiro atoms. The van der Waals surface area contributed by atoms with E-state index in [0.29, 0.717) is 18.9 Å². The number of carboxylic acids is 3. The van der Waals surface area contributed by atoms with Gasteiger partial charge in [0.2, 0.25) is 0 Å². The number of hydrogen-bond acceptors (Lipinski definition) is 5. The largest absolute Gasteiger partial charge is 0.481 e. The van der Waals surface area contributed by atoms with Gasteiger partial charge in [0.25, 0.3) is 0 Å². The molecule has 2 atom stereocenters. The fourth-order valence-corrected chi connectivity index (χ4v) is 2.79. The molecule has 0 aliphatic heterocycles. The summed E-state index contributed by atoms with van der Waals surface area (Å²) in [6.45, 7) is 16.1. The van der Waals surface area contributed by atoms with Gasteiger partial charge in [0.15, 0.2) is 0 Å². The molecule has 0 rings (SSSR count). The van der Waals surface area contributed by atoms with Gasteiger partial charge < -0.3 is 20.1 Å².